The van der Waals surface area contributed by atoms with Gasteiger partial charge in [0.05, 0.1) is 4.90 Å². The fourth-order valence-corrected chi connectivity index (χ4v) is 4.14. The minimum Gasteiger partial charge on any atom is -0.329 e. The van der Waals surface area contributed by atoms with E-state index in [1.807, 2.05) is 6.92 Å². The van der Waals surface area contributed by atoms with Gasteiger partial charge in [0.2, 0.25) is 10.0 Å². The van der Waals surface area contributed by atoms with Crippen LogP contribution < -0.4 is 10.5 Å². The number of nitrogens with two attached hydrogens (primary N) is 1. The lowest BCUT2D eigenvalue weighted by atomic mass is 10.2. The zero-order valence-corrected chi connectivity index (χ0v) is 13.5. The summed E-state index contributed by atoms with van der Waals surface area (Å²) in [6.45, 7) is 3.86. The predicted octanol–water partition coefficient (Wildman–Crippen LogP) is 2.15. The molecule has 0 aliphatic rings. The average molecular weight is 386 g/mol. The van der Waals surface area contributed by atoms with Crippen LogP contribution in [0.15, 0.2) is 26.0 Å². The molecule has 96 valence electrons. The molecule has 4 nitrogen and oxygen atoms in total. The van der Waals surface area contributed by atoms with Gasteiger partial charge in [-0.15, -0.1) is 0 Å². The Balaban J connectivity index is 3.20. The van der Waals surface area contributed by atoms with Crippen LogP contribution in [0.5, 0.6) is 0 Å². The molecule has 7 heteroatoms. The van der Waals surface area contributed by atoms with E-state index in [1.165, 1.54) is 0 Å². The first-order valence-electron chi connectivity index (χ1n) is 4.96. The molecule has 1 atom stereocenters. The zero-order valence-electron chi connectivity index (χ0n) is 9.50. The Morgan fingerprint density at radius 2 is 1.94 bits per heavy atom. The van der Waals surface area contributed by atoms with Crippen LogP contribution in [0.4, 0.5) is 0 Å². The summed E-state index contributed by atoms with van der Waals surface area (Å²) in [5.41, 5.74) is 6.36. The molecule has 0 spiro atoms. The summed E-state index contributed by atoms with van der Waals surface area (Å²) in [4.78, 5) is 0.204. The molecule has 3 N–H and O–H groups in total. The molecular formula is C10H14Br2N2O2S. The topological polar surface area (TPSA) is 72.2 Å². The number of benzene rings is 1. The van der Waals surface area contributed by atoms with Crippen LogP contribution in [-0.2, 0) is 10.0 Å². The molecule has 1 rings (SSSR count). The van der Waals surface area contributed by atoms with Crippen LogP contribution in [0.1, 0.15) is 12.5 Å². The van der Waals surface area contributed by atoms with Gasteiger partial charge in [-0.3, -0.25) is 0 Å². The van der Waals surface area contributed by atoms with Crippen molar-refractivity contribution in [3.8, 4) is 0 Å². The minimum atomic E-state index is -3.55. The van der Waals surface area contributed by atoms with Gasteiger partial charge in [0, 0.05) is 21.5 Å². The van der Waals surface area contributed by atoms with Gasteiger partial charge < -0.3 is 5.73 Å². The van der Waals surface area contributed by atoms with Crippen LogP contribution >= 0.6 is 31.9 Å². The third-order valence-electron chi connectivity index (χ3n) is 2.21. The SMILES string of the molecule is Cc1cc(Br)c(S(=O)(=O)NC(C)CN)cc1Br. The van der Waals surface area contributed by atoms with E-state index in [-0.39, 0.29) is 17.5 Å². The zero-order chi connectivity index (χ0) is 13.2. The normalized spacial score (nSPS) is 13.7. The number of hydrogen-bond donors (Lipinski definition) is 2. The van der Waals surface area contributed by atoms with E-state index in [0.717, 1.165) is 10.0 Å². The molecule has 0 heterocycles. The van der Waals surface area contributed by atoms with E-state index < -0.39 is 10.0 Å². The van der Waals surface area contributed by atoms with Gasteiger partial charge in [-0.1, -0.05) is 15.9 Å². The molecule has 1 aromatic carbocycles. The van der Waals surface area contributed by atoms with Crippen molar-refractivity contribution in [2.75, 3.05) is 6.54 Å². The minimum absolute atomic E-state index is 0.204. The molecule has 0 aliphatic carbocycles. The molecule has 0 bridgehead atoms. The van der Waals surface area contributed by atoms with Crippen molar-refractivity contribution in [3.63, 3.8) is 0 Å². The van der Waals surface area contributed by atoms with E-state index in [2.05, 4.69) is 36.6 Å². The monoisotopic (exact) mass is 384 g/mol. The first-order valence-corrected chi connectivity index (χ1v) is 8.03. The highest BCUT2D eigenvalue weighted by Gasteiger charge is 2.20. The lowest BCUT2D eigenvalue weighted by molar-refractivity contribution is 0.562. The number of aryl methyl sites for hydroxylation is 1. The summed E-state index contributed by atoms with van der Waals surface area (Å²) >= 11 is 6.58. The van der Waals surface area contributed by atoms with Crippen molar-refractivity contribution >= 4 is 41.9 Å². The Morgan fingerprint density at radius 1 is 1.35 bits per heavy atom. The smallest absolute Gasteiger partial charge is 0.242 e. The number of hydrogen-bond acceptors (Lipinski definition) is 3. The van der Waals surface area contributed by atoms with Crippen molar-refractivity contribution in [2.45, 2.75) is 24.8 Å². The molecule has 1 unspecified atom stereocenters. The second-order valence-corrected chi connectivity index (χ2v) is 7.18. The predicted molar refractivity (Wildman–Crippen MR) is 75.4 cm³/mol. The highest BCUT2D eigenvalue weighted by atomic mass is 79.9. The van der Waals surface area contributed by atoms with Crippen LogP contribution in [0, 0.1) is 6.92 Å². The largest absolute Gasteiger partial charge is 0.329 e. The summed E-state index contributed by atoms with van der Waals surface area (Å²) in [7, 11) is -3.55. The summed E-state index contributed by atoms with van der Waals surface area (Å²) in [6.07, 6.45) is 0. The lowest BCUT2D eigenvalue weighted by Gasteiger charge is -2.14. The Labute approximate surface area is 118 Å². The van der Waals surface area contributed by atoms with Crippen molar-refractivity contribution in [3.05, 3.63) is 26.6 Å². The van der Waals surface area contributed by atoms with Gasteiger partial charge in [-0.25, -0.2) is 13.1 Å². The third kappa shape index (κ3) is 3.75. The number of sulfonamides is 1. The molecule has 1 aromatic rings. The molecular weight excluding hydrogens is 372 g/mol. The van der Waals surface area contributed by atoms with Crippen molar-refractivity contribution in [2.24, 2.45) is 5.73 Å². The molecule has 0 fully saturated rings. The standard InChI is InChI=1S/C10H14Br2N2O2S/c1-6-3-9(12)10(4-8(6)11)17(15,16)14-7(2)5-13/h3-4,7,14H,5,13H2,1-2H3. The van der Waals surface area contributed by atoms with Crippen LogP contribution in [0.25, 0.3) is 0 Å². The highest BCUT2D eigenvalue weighted by molar-refractivity contribution is 9.11. The third-order valence-corrected chi connectivity index (χ3v) is 5.61. The number of rotatable bonds is 4. The first kappa shape index (κ1) is 15.1. The second kappa shape index (κ2) is 5.79. The molecule has 0 saturated carbocycles. The van der Waals surface area contributed by atoms with Gasteiger partial charge in [0.15, 0.2) is 0 Å². The van der Waals surface area contributed by atoms with Crippen LogP contribution in [-0.4, -0.2) is 21.0 Å². The lowest BCUT2D eigenvalue weighted by Crippen LogP contribution is -2.37. The first-order chi connectivity index (χ1) is 7.77. The van der Waals surface area contributed by atoms with Gasteiger partial charge in [0.1, 0.15) is 0 Å². The fraction of sp³-hybridized carbons (Fsp3) is 0.400. The van der Waals surface area contributed by atoms with Gasteiger partial charge in [-0.05, 0) is 47.5 Å². The van der Waals surface area contributed by atoms with E-state index in [9.17, 15) is 8.42 Å². The molecule has 0 saturated heterocycles. The summed E-state index contributed by atoms with van der Waals surface area (Å²) in [6, 6.07) is 3.03. The average Bonchev–Trinajstić information content (AvgIpc) is 2.22. The maximum atomic E-state index is 12.1. The van der Waals surface area contributed by atoms with E-state index in [1.54, 1.807) is 19.1 Å². The van der Waals surface area contributed by atoms with E-state index in [0.29, 0.717) is 4.47 Å². The number of halogens is 2. The molecule has 0 amide bonds. The summed E-state index contributed by atoms with van der Waals surface area (Å²) in [5, 5.41) is 0. The molecule has 0 aliphatic heterocycles. The van der Waals surface area contributed by atoms with Crippen molar-refractivity contribution in [1.82, 2.24) is 4.72 Å². The van der Waals surface area contributed by atoms with Crippen LogP contribution in [0.3, 0.4) is 0 Å². The quantitative estimate of drug-likeness (QED) is 0.833. The maximum absolute atomic E-state index is 12.1. The Morgan fingerprint density at radius 3 is 2.47 bits per heavy atom. The van der Waals surface area contributed by atoms with Gasteiger partial charge in [0.25, 0.3) is 0 Å². The van der Waals surface area contributed by atoms with Crippen LogP contribution in [0.2, 0.25) is 0 Å². The molecule has 0 aromatic heterocycles. The van der Waals surface area contributed by atoms with Gasteiger partial charge in [-0.2, -0.15) is 0 Å². The Kier molecular flexibility index (Phi) is 5.15. The van der Waals surface area contributed by atoms with E-state index in [4.69, 9.17) is 5.73 Å². The van der Waals surface area contributed by atoms with Crippen molar-refractivity contribution in [1.29, 1.82) is 0 Å². The second-order valence-electron chi connectivity index (χ2n) is 3.79. The molecule has 0 radical (unpaired) electrons. The highest BCUT2D eigenvalue weighted by Crippen LogP contribution is 2.28. The Bertz CT molecular complexity index is 517. The fourth-order valence-electron chi connectivity index (χ4n) is 1.21. The maximum Gasteiger partial charge on any atom is 0.242 e. The Hall–Kier alpha value is 0.0500. The van der Waals surface area contributed by atoms with Gasteiger partial charge >= 0.3 is 0 Å². The van der Waals surface area contributed by atoms with E-state index >= 15 is 0 Å². The molecule has 17 heavy (non-hydrogen) atoms. The summed E-state index contributed by atoms with van der Waals surface area (Å²) < 4.78 is 27.9. The summed E-state index contributed by atoms with van der Waals surface area (Å²) in [5.74, 6) is 0. The number of nitrogens with one attached hydrogen (secondary N) is 1. The van der Waals surface area contributed by atoms with Crippen molar-refractivity contribution < 1.29 is 8.42 Å².